The van der Waals surface area contributed by atoms with E-state index in [2.05, 4.69) is 10.3 Å². The molecule has 9 heteroatoms. The van der Waals surface area contributed by atoms with Gasteiger partial charge >= 0.3 is 6.18 Å². The molecule has 1 N–H and O–H groups in total. The van der Waals surface area contributed by atoms with Crippen molar-refractivity contribution in [1.29, 1.82) is 0 Å². The number of nitrogens with zero attached hydrogens (tertiary/aromatic N) is 1. The molecule has 2 aliphatic carbocycles. The van der Waals surface area contributed by atoms with Crippen LogP contribution in [0.1, 0.15) is 26.2 Å². The molecule has 1 amide bonds. The molecule has 0 spiro atoms. The van der Waals surface area contributed by atoms with Crippen molar-refractivity contribution in [2.75, 3.05) is 0 Å². The number of amides is 1. The number of aliphatic imine (C=N–C) groups is 1. The number of amidine groups is 1. The third kappa shape index (κ3) is 2.24. The maximum Gasteiger partial charge on any atom is 0.412 e. The Morgan fingerprint density at radius 3 is 2.43 bits per heavy atom. The smallest absolute Gasteiger partial charge is 0.361 e. The number of hydrogen-bond acceptors (Lipinski definition) is 3. The number of alkyl halides is 5. The first kappa shape index (κ1) is 15.1. The number of hydrogen-bond donors (Lipinski definition) is 1. The molecule has 1 heterocycles. The molecule has 0 unspecified atom stereocenters. The topological polar surface area (TPSA) is 41.5 Å². The van der Waals surface area contributed by atoms with Gasteiger partial charge in [-0.05, 0) is 25.7 Å². The van der Waals surface area contributed by atoms with E-state index in [1.54, 1.807) is 0 Å². The largest absolute Gasteiger partial charge is 0.412 e. The molecule has 1 aliphatic heterocycles. The number of rotatable bonds is 1. The van der Waals surface area contributed by atoms with E-state index in [0.717, 1.165) is 6.92 Å². The van der Waals surface area contributed by atoms with E-state index >= 15 is 0 Å². The fourth-order valence-electron chi connectivity index (χ4n) is 3.25. The van der Waals surface area contributed by atoms with Crippen LogP contribution in [0, 0.1) is 11.8 Å². The van der Waals surface area contributed by atoms with Crippen molar-refractivity contribution in [2.45, 2.75) is 49.1 Å². The van der Waals surface area contributed by atoms with Crippen LogP contribution in [0.25, 0.3) is 0 Å². The van der Waals surface area contributed by atoms with Crippen LogP contribution >= 0.6 is 11.8 Å². The van der Waals surface area contributed by atoms with Crippen LogP contribution in [0.5, 0.6) is 0 Å². The van der Waals surface area contributed by atoms with E-state index in [-0.39, 0.29) is 30.0 Å². The van der Waals surface area contributed by atoms with Crippen LogP contribution in [0.2, 0.25) is 0 Å². The molecule has 21 heavy (non-hydrogen) atoms. The van der Waals surface area contributed by atoms with E-state index < -0.39 is 28.7 Å². The average Bonchev–Trinajstić information content (AvgIpc) is 2.90. The predicted molar refractivity (Wildman–Crippen MR) is 67.2 cm³/mol. The van der Waals surface area contributed by atoms with Crippen LogP contribution in [-0.2, 0) is 4.79 Å². The van der Waals surface area contributed by atoms with Gasteiger partial charge in [0.1, 0.15) is 0 Å². The van der Waals surface area contributed by atoms with Crippen molar-refractivity contribution in [3.05, 3.63) is 0 Å². The van der Waals surface area contributed by atoms with Gasteiger partial charge in [-0.3, -0.25) is 4.79 Å². The van der Waals surface area contributed by atoms with Gasteiger partial charge in [0.2, 0.25) is 0 Å². The van der Waals surface area contributed by atoms with E-state index in [0.29, 0.717) is 18.2 Å². The highest BCUT2D eigenvalue weighted by Crippen LogP contribution is 2.54. The van der Waals surface area contributed by atoms with Gasteiger partial charge < -0.3 is 5.32 Å². The summed E-state index contributed by atoms with van der Waals surface area (Å²) in [5.41, 5.74) is 0. The van der Waals surface area contributed by atoms with Gasteiger partial charge in [0, 0.05) is 18.4 Å². The maximum atomic E-state index is 13.4. The fourth-order valence-corrected chi connectivity index (χ4v) is 4.22. The number of carbonyl (C=O) groups is 1. The molecular formula is C12H13F5N2OS. The Balaban J connectivity index is 1.67. The quantitative estimate of drug-likeness (QED) is 0.753. The molecule has 118 valence electrons. The highest BCUT2D eigenvalue weighted by atomic mass is 32.2. The minimum atomic E-state index is -4.70. The Bertz CT molecular complexity index is 520. The first-order chi connectivity index (χ1) is 9.53. The molecular weight excluding hydrogens is 315 g/mol. The number of halogens is 5. The van der Waals surface area contributed by atoms with Crippen molar-refractivity contribution in [3.63, 3.8) is 0 Å². The first-order valence-corrected chi connectivity index (χ1v) is 7.38. The van der Waals surface area contributed by atoms with E-state index in [1.165, 1.54) is 0 Å². The van der Waals surface area contributed by atoms with Crippen LogP contribution in [0.3, 0.4) is 0 Å². The average molecular weight is 328 g/mol. The number of fused-ring (bicyclic) bond motifs is 2. The van der Waals surface area contributed by atoms with Gasteiger partial charge in [-0.15, -0.1) is 0 Å². The van der Waals surface area contributed by atoms with Crippen molar-refractivity contribution in [3.8, 4) is 0 Å². The van der Waals surface area contributed by atoms with Gasteiger partial charge in [0.15, 0.2) is 9.91 Å². The molecule has 3 nitrogen and oxygen atoms in total. The van der Waals surface area contributed by atoms with E-state index in [9.17, 15) is 26.7 Å². The first-order valence-electron chi connectivity index (χ1n) is 6.56. The Kier molecular flexibility index (Phi) is 3.10. The lowest BCUT2D eigenvalue weighted by Gasteiger charge is -2.29. The lowest BCUT2D eigenvalue weighted by molar-refractivity contribution is -0.165. The molecule has 0 aromatic carbocycles. The van der Waals surface area contributed by atoms with E-state index in [1.807, 2.05) is 0 Å². The van der Waals surface area contributed by atoms with Crippen LogP contribution in [0.15, 0.2) is 4.99 Å². The zero-order valence-corrected chi connectivity index (χ0v) is 11.8. The molecule has 2 fully saturated rings. The monoisotopic (exact) mass is 328 g/mol. The van der Waals surface area contributed by atoms with Crippen LogP contribution < -0.4 is 5.32 Å². The molecule has 3 rings (SSSR count). The third-order valence-corrected chi connectivity index (χ3v) is 5.80. The normalized spacial score (nSPS) is 41.5. The summed E-state index contributed by atoms with van der Waals surface area (Å²) in [4.78, 5) is 14.9. The van der Waals surface area contributed by atoms with Crippen molar-refractivity contribution in [2.24, 2.45) is 16.8 Å². The zero-order valence-electron chi connectivity index (χ0n) is 11.0. The summed E-state index contributed by atoms with van der Waals surface area (Å²) in [5.74, 6) is -4.93. The summed E-state index contributed by atoms with van der Waals surface area (Å²) < 4.78 is 62.9. The second-order valence-electron chi connectivity index (χ2n) is 6.00. The van der Waals surface area contributed by atoms with Crippen molar-refractivity contribution in [1.82, 2.24) is 5.32 Å². The third-order valence-electron chi connectivity index (χ3n) is 4.59. The standard InChI is InChI=1S/C12H13F5N2OS/c1-10(12(15,16)17)8(20)19-9(21-10)18-7-3-6-2-5(7)4-11(6,13)14/h5-7H,2-4H2,1H3,(H,18,19,20)/t5-,6-,7+,10-/m1/s1. The fraction of sp³-hybridized carbons (Fsp3) is 0.833. The Labute approximate surface area is 121 Å². The zero-order chi connectivity index (χ0) is 15.6. The molecule has 0 saturated heterocycles. The number of carbonyl (C=O) groups excluding carboxylic acids is 1. The Morgan fingerprint density at radius 2 is 2.00 bits per heavy atom. The second kappa shape index (κ2) is 4.33. The van der Waals surface area contributed by atoms with Crippen molar-refractivity contribution < 1.29 is 26.7 Å². The van der Waals surface area contributed by atoms with Crippen LogP contribution in [0.4, 0.5) is 22.0 Å². The highest BCUT2D eigenvalue weighted by molar-refractivity contribution is 8.16. The summed E-state index contributed by atoms with van der Waals surface area (Å²) >= 11 is 0.319. The van der Waals surface area contributed by atoms with Gasteiger partial charge in [-0.2, -0.15) is 18.2 Å². The second-order valence-corrected chi connectivity index (χ2v) is 7.41. The molecule has 0 radical (unpaired) electrons. The minimum absolute atomic E-state index is 0.110. The summed E-state index contributed by atoms with van der Waals surface area (Å²) in [6, 6.07) is -0.329. The van der Waals surface area contributed by atoms with Gasteiger partial charge in [-0.25, -0.2) is 8.78 Å². The molecule has 3 aliphatic rings. The summed E-state index contributed by atoms with van der Waals surface area (Å²) in [6.07, 6.45) is -4.39. The molecule has 0 aromatic heterocycles. The van der Waals surface area contributed by atoms with E-state index in [4.69, 9.17) is 0 Å². The van der Waals surface area contributed by atoms with Crippen LogP contribution in [-0.4, -0.2) is 34.0 Å². The van der Waals surface area contributed by atoms with Gasteiger partial charge in [-0.1, -0.05) is 11.8 Å². The van der Waals surface area contributed by atoms with Crippen molar-refractivity contribution >= 4 is 22.8 Å². The lowest BCUT2D eigenvalue weighted by atomic mass is 9.92. The minimum Gasteiger partial charge on any atom is -0.361 e. The summed E-state index contributed by atoms with van der Waals surface area (Å²) in [6.45, 7) is 0.785. The van der Waals surface area contributed by atoms with Gasteiger partial charge in [0.05, 0.1) is 0 Å². The lowest BCUT2D eigenvalue weighted by Crippen LogP contribution is -2.45. The predicted octanol–water partition coefficient (Wildman–Crippen LogP) is 2.96. The molecule has 2 saturated carbocycles. The SMILES string of the molecule is C[C@@]1(C(F)(F)F)SC(N[C@H]2C[C@H]3C[C@@H]2CC3(F)F)=NC1=O. The number of thioether (sulfide) groups is 1. The molecule has 4 atom stereocenters. The van der Waals surface area contributed by atoms with Gasteiger partial charge in [0.25, 0.3) is 11.8 Å². The summed E-state index contributed by atoms with van der Waals surface area (Å²) in [7, 11) is 0. The molecule has 0 aromatic rings. The molecule has 2 bridgehead atoms. The highest BCUT2D eigenvalue weighted by Gasteiger charge is 2.62. The Hall–Kier alpha value is -0.860. The number of nitrogens with one attached hydrogen (secondary N) is 1. The Morgan fingerprint density at radius 1 is 1.33 bits per heavy atom. The summed E-state index contributed by atoms with van der Waals surface area (Å²) in [5, 5.41) is 2.65. The maximum absolute atomic E-state index is 13.4.